The number of carbonyl (C=O) groups is 10. The van der Waals surface area contributed by atoms with E-state index in [1.165, 1.54) is 19.1 Å². The lowest BCUT2D eigenvalue weighted by molar-refractivity contribution is -0.144. The van der Waals surface area contributed by atoms with Crippen LogP contribution in [0.5, 0.6) is 11.5 Å². The number of hydrogen-bond acceptors (Lipinski definition) is 19. The highest BCUT2D eigenvalue weighted by Gasteiger charge is 2.51. The molecule has 9 amide bonds. The first-order valence-corrected chi connectivity index (χ1v) is 26.0. The van der Waals surface area contributed by atoms with Crippen LogP contribution in [0, 0.1) is 5.92 Å². The Balaban J connectivity index is 0.964. The predicted octanol–water partition coefficient (Wildman–Crippen LogP) is -5.27. The lowest BCUT2D eigenvalue weighted by Crippen LogP contribution is -2.51. The Kier molecular flexibility index (Phi) is 24.8. The van der Waals surface area contributed by atoms with Gasteiger partial charge in [0.25, 0.3) is 11.8 Å². The number of ketones is 1. The summed E-state index contributed by atoms with van der Waals surface area (Å²) in [7, 11) is 8.04. The van der Waals surface area contributed by atoms with Gasteiger partial charge in [-0.1, -0.05) is 24.3 Å². The summed E-state index contributed by atoms with van der Waals surface area (Å²) in [5.74, 6) is -11.7. The van der Waals surface area contributed by atoms with Gasteiger partial charge in [0.05, 0.1) is 59.8 Å². The van der Waals surface area contributed by atoms with E-state index < -0.39 is 141 Å². The average Bonchev–Trinajstić information content (AvgIpc) is 4.17. The number of benzene rings is 2. The third kappa shape index (κ3) is 18.8. The normalized spacial score (nSPS) is 18.8. The largest absolute Gasteiger partial charge is 0.493 e. The number of hydrogen-bond donors (Lipinski definition) is 12. The van der Waals surface area contributed by atoms with Crippen molar-refractivity contribution in [2.24, 2.45) is 5.92 Å². The van der Waals surface area contributed by atoms with Crippen molar-refractivity contribution in [3.05, 3.63) is 58.7 Å². The van der Waals surface area contributed by atoms with Crippen molar-refractivity contribution in [2.75, 3.05) is 66.9 Å². The van der Waals surface area contributed by atoms with E-state index in [-0.39, 0.29) is 89.9 Å². The van der Waals surface area contributed by atoms with E-state index in [0.717, 1.165) is 16.7 Å². The van der Waals surface area contributed by atoms with Crippen LogP contribution < -0.4 is 46.6 Å². The third-order valence-corrected chi connectivity index (χ3v) is 13.7. The number of aliphatic hydroxyl groups excluding tert-OH is 5. The second-order valence-electron chi connectivity index (χ2n) is 19.5. The molecular weight excluding hydrogens is 1090 g/mol. The molecule has 0 aromatic heterocycles. The van der Waals surface area contributed by atoms with Gasteiger partial charge in [0.1, 0.15) is 43.0 Å². The molecule has 0 bridgehead atoms. The number of carbonyl (C=O) groups excluding carboxylic acids is 10. The van der Waals surface area contributed by atoms with Gasteiger partial charge >= 0.3 is 0 Å². The molecule has 3 aliphatic rings. The van der Waals surface area contributed by atoms with Gasteiger partial charge in [0, 0.05) is 64.3 Å². The van der Waals surface area contributed by atoms with Crippen molar-refractivity contribution in [3.8, 4) is 11.5 Å². The SMILES string of the molecule is [B]NC(=O)[C@@H](CCC(=O)NC[C@H](O)[C@@H](O)[C@H](O)[C@H](O)CO)NC(=O)COCCOCCC(=O)NCc1cccc2c1CN(C(=O)C[C@@H]1C[C@@H](C(=O)NCC(=O)N3CC(F)(F)CC3C(=O)C(=O)NCc3ccc(OC)c(OC)c3)NC1=O)C2. The number of halogens is 2. The quantitative estimate of drug-likeness (QED) is 0.0185. The predicted molar refractivity (Wildman–Crippen MR) is 277 cm³/mol. The summed E-state index contributed by atoms with van der Waals surface area (Å²) < 4.78 is 50.3. The molecule has 2 aromatic rings. The zero-order valence-corrected chi connectivity index (χ0v) is 45.0. The van der Waals surface area contributed by atoms with Crippen molar-refractivity contribution < 1.29 is 101 Å². The maximum Gasteiger partial charge on any atom is 0.289 e. The van der Waals surface area contributed by atoms with Crippen molar-refractivity contribution in [1.29, 1.82) is 0 Å². The van der Waals surface area contributed by atoms with Gasteiger partial charge in [-0.05, 0) is 47.2 Å². The van der Waals surface area contributed by atoms with E-state index in [1.807, 2.05) is 11.3 Å². The number of fused-ring (bicyclic) bond motifs is 1. The number of rotatable bonds is 32. The minimum absolute atomic E-state index is 0.0110. The molecule has 31 heteroatoms. The number of likely N-dealkylation sites (tertiary alicyclic amines) is 1. The smallest absolute Gasteiger partial charge is 0.289 e. The second-order valence-corrected chi connectivity index (χ2v) is 19.5. The molecule has 8 atom stereocenters. The lowest BCUT2D eigenvalue weighted by Gasteiger charge is -2.25. The highest BCUT2D eigenvalue weighted by atomic mass is 19.3. The Hall–Kier alpha value is -7.42. The van der Waals surface area contributed by atoms with Crippen LogP contribution in [-0.2, 0) is 83.6 Å². The Morgan fingerprint density at radius 3 is 2.23 bits per heavy atom. The van der Waals surface area contributed by atoms with E-state index in [4.69, 9.17) is 32.0 Å². The van der Waals surface area contributed by atoms with Gasteiger partial charge in [-0.15, -0.1) is 0 Å². The minimum atomic E-state index is -3.51. The van der Waals surface area contributed by atoms with Crippen LogP contribution in [0.25, 0.3) is 0 Å². The molecule has 2 fully saturated rings. The number of ether oxygens (including phenoxy) is 4. The molecule has 2 radical (unpaired) electrons. The van der Waals surface area contributed by atoms with Crippen molar-refractivity contribution in [1.82, 2.24) is 46.9 Å². The van der Waals surface area contributed by atoms with Gasteiger partial charge in [0.15, 0.2) is 11.5 Å². The number of nitrogens with zero attached hydrogens (tertiary/aromatic N) is 2. The van der Waals surface area contributed by atoms with Gasteiger partial charge in [-0.2, -0.15) is 0 Å². The Morgan fingerprint density at radius 1 is 0.817 bits per heavy atom. The summed E-state index contributed by atoms with van der Waals surface area (Å²) in [6, 6.07) is 5.83. The first kappa shape index (κ1) is 65.4. The summed E-state index contributed by atoms with van der Waals surface area (Å²) in [6.45, 7) is -3.73. The molecule has 3 aliphatic heterocycles. The van der Waals surface area contributed by atoms with E-state index in [9.17, 15) is 77.2 Å². The fourth-order valence-electron chi connectivity index (χ4n) is 9.08. The van der Waals surface area contributed by atoms with Crippen LogP contribution in [0.1, 0.15) is 60.8 Å². The molecule has 0 aliphatic carbocycles. The zero-order chi connectivity index (χ0) is 60.3. The van der Waals surface area contributed by atoms with Crippen molar-refractivity contribution in [3.63, 3.8) is 0 Å². The Bertz CT molecular complexity index is 2640. The van der Waals surface area contributed by atoms with E-state index in [1.54, 1.807) is 30.3 Å². The molecule has 0 saturated carbocycles. The highest BCUT2D eigenvalue weighted by molar-refractivity contribution is 6.38. The monoisotopic (exact) mass is 1160 g/mol. The molecule has 28 nitrogen and oxygen atoms in total. The molecule has 12 N–H and O–H groups in total. The number of aliphatic hydroxyl groups is 5. The maximum absolute atomic E-state index is 14.6. The topological polar surface area (TPSA) is 399 Å². The van der Waals surface area contributed by atoms with Gasteiger partial charge in [-0.25, -0.2) is 8.78 Å². The van der Waals surface area contributed by atoms with E-state index >= 15 is 0 Å². The fourth-order valence-corrected chi connectivity index (χ4v) is 9.08. The van der Waals surface area contributed by atoms with Crippen LogP contribution >= 0.6 is 0 Å². The molecule has 82 heavy (non-hydrogen) atoms. The first-order valence-electron chi connectivity index (χ1n) is 26.0. The van der Waals surface area contributed by atoms with E-state index in [2.05, 4.69) is 31.9 Å². The number of methoxy groups -OCH3 is 2. The number of nitrogens with one attached hydrogen (secondary N) is 7. The zero-order valence-electron chi connectivity index (χ0n) is 45.0. The molecular formula is C51H68BF2N9O19. The van der Waals surface area contributed by atoms with Crippen LogP contribution in [0.2, 0.25) is 0 Å². The fraction of sp³-hybridized carbons (Fsp3) is 0.569. The Morgan fingerprint density at radius 2 is 1.52 bits per heavy atom. The summed E-state index contributed by atoms with van der Waals surface area (Å²) >= 11 is 0. The van der Waals surface area contributed by atoms with Crippen LogP contribution in [0.3, 0.4) is 0 Å². The third-order valence-electron chi connectivity index (χ3n) is 13.7. The molecule has 3 heterocycles. The first-order chi connectivity index (χ1) is 39.0. The van der Waals surface area contributed by atoms with Gasteiger partial charge in [-0.3, -0.25) is 47.9 Å². The van der Waals surface area contributed by atoms with Gasteiger partial charge < -0.3 is 91.4 Å². The summed E-state index contributed by atoms with van der Waals surface area (Å²) in [5.41, 5.74) is 2.86. The summed E-state index contributed by atoms with van der Waals surface area (Å²) in [6.07, 6.45) is -9.37. The van der Waals surface area contributed by atoms with Crippen molar-refractivity contribution >= 4 is 66.9 Å². The van der Waals surface area contributed by atoms with Crippen molar-refractivity contribution in [2.45, 2.75) is 113 Å². The molecule has 0 spiro atoms. The summed E-state index contributed by atoms with van der Waals surface area (Å²) in [5, 5.41) is 64.3. The van der Waals surface area contributed by atoms with E-state index in [0.29, 0.717) is 22.0 Å². The number of Topliss-reactive ketones (excluding diaryl/α,β-unsaturated/α-hetero) is 1. The lowest BCUT2D eigenvalue weighted by atomic mass is 10.00. The minimum Gasteiger partial charge on any atom is -0.493 e. The van der Waals surface area contributed by atoms with Crippen LogP contribution in [-0.4, -0.2) is 218 Å². The highest BCUT2D eigenvalue weighted by Crippen LogP contribution is 2.33. The van der Waals surface area contributed by atoms with Crippen LogP contribution in [0.4, 0.5) is 8.78 Å². The Labute approximate surface area is 470 Å². The molecule has 2 saturated heterocycles. The number of alkyl halides is 2. The molecule has 448 valence electrons. The second kappa shape index (κ2) is 31.1. The number of amides is 9. The maximum atomic E-state index is 14.6. The van der Waals surface area contributed by atoms with Gasteiger partial charge in [0.2, 0.25) is 61.0 Å². The standard InChI is InChI=1S/C51H68BF2N9O19/c1-79-37-8-6-27(14-38(37)80-2)18-57-50(78)44(72)34-17-51(53,54)26-63(34)43(71)21-58-48(76)33-15-30(47(75)60-33)16-42(70)62-22-29-5-3-4-28(31(29)23-62)19-55-40(68)10-11-81-12-13-82-25-41(69)59-32(49(77)61-52)7-9-39(67)56-20-35(65)45(73)46(74)36(66)24-64/h3-6,8,14,30,32-36,45-46,64-66,73-74H,7,9-13,15-26H2,1-2H3,(H,55,68)(H,56,67)(H,57,78)(H,58,76)(H,59,69)(H,60,75)(H,61,77)/t30-,32+,33-,34?,35-,36+,45+,46+/m0/s1. The average molecular weight is 1160 g/mol. The molecule has 1 unspecified atom stereocenters. The summed E-state index contributed by atoms with van der Waals surface area (Å²) in [4.78, 5) is 130. The molecule has 2 aromatic carbocycles. The van der Waals surface area contributed by atoms with Crippen LogP contribution in [0.15, 0.2) is 36.4 Å². The molecule has 5 rings (SSSR count).